The lowest BCUT2D eigenvalue weighted by molar-refractivity contribution is -0.141. The molecule has 182 valence electrons. The SMILES string of the molecule is NC(=O)CC(NC(=O)C(N)CO)C(=O)NC(Cc1ccc(O)cc1)C(=O)NC(CS)C(=O)O. The molecule has 0 saturated heterocycles. The summed E-state index contributed by atoms with van der Waals surface area (Å²) in [4.78, 5) is 60.1. The number of aliphatic hydroxyl groups excluding tert-OH is 1. The average Bonchev–Trinajstić information content (AvgIpc) is 2.76. The molecule has 1 rings (SSSR count). The number of nitrogens with two attached hydrogens (primary N) is 2. The zero-order valence-electron chi connectivity index (χ0n) is 17.4. The lowest BCUT2D eigenvalue weighted by Gasteiger charge is -2.24. The third kappa shape index (κ3) is 9.34. The fourth-order valence-electron chi connectivity index (χ4n) is 2.58. The summed E-state index contributed by atoms with van der Waals surface area (Å²) in [7, 11) is 0. The molecule has 0 heterocycles. The summed E-state index contributed by atoms with van der Waals surface area (Å²) in [5.41, 5.74) is 11.0. The van der Waals surface area contributed by atoms with Gasteiger partial charge in [0.05, 0.1) is 13.0 Å². The van der Waals surface area contributed by atoms with Gasteiger partial charge in [0.2, 0.25) is 23.6 Å². The van der Waals surface area contributed by atoms with E-state index in [1.807, 2.05) is 0 Å². The third-order valence-electron chi connectivity index (χ3n) is 4.38. The van der Waals surface area contributed by atoms with Crippen LogP contribution in [0.4, 0.5) is 0 Å². The number of primary amides is 1. The van der Waals surface area contributed by atoms with Crippen molar-refractivity contribution in [3.63, 3.8) is 0 Å². The summed E-state index contributed by atoms with van der Waals surface area (Å²) in [6, 6.07) is 0.124. The molecule has 0 aliphatic rings. The number of hydrogen-bond donors (Lipinski definition) is 9. The lowest BCUT2D eigenvalue weighted by Crippen LogP contribution is -2.58. The van der Waals surface area contributed by atoms with Gasteiger partial charge in [0, 0.05) is 12.2 Å². The first-order chi connectivity index (χ1) is 15.5. The second-order valence-corrected chi connectivity index (χ2v) is 7.40. The number of aliphatic carboxylic acids is 1. The molecule has 1 aromatic rings. The first-order valence-corrected chi connectivity index (χ1v) is 10.3. The number of aliphatic hydroxyl groups is 1. The molecule has 10 N–H and O–H groups in total. The van der Waals surface area contributed by atoms with Gasteiger partial charge < -0.3 is 42.7 Å². The normalized spacial score (nSPS) is 14.3. The highest BCUT2D eigenvalue weighted by Gasteiger charge is 2.31. The summed E-state index contributed by atoms with van der Waals surface area (Å²) < 4.78 is 0. The third-order valence-corrected chi connectivity index (χ3v) is 4.74. The van der Waals surface area contributed by atoms with Gasteiger partial charge in [-0.1, -0.05) is 12.1 Å². The van der Waals surface area contributed by atoms with E-state index in [9.17, 15) is 29.1 Å². The average molecular weight is 486 g/mol. The quantitative estimate of drug-likeness (QED) is 0.126. The van der Waals surface area contributed by atoms with Gasteiger partial charge in [-0.15, -0.1) is 0 Å². The summed E-state index contributed by atoms with van der Waals surface area (Å²) in [5.74, 6) is -5.30. The second-order valence-electron chi connectivity index (χ2n) is 7.03. The van der Waals surface area contributed by atoms with Gasteiger partial charge in [-0.2, -0.15) is 12.6 Å². The number of carbonyl (C=O) groups is 5. The Kier molecular flexibility index (Phi) is 11.1. The van der Waals surface area contributed by atoms with Crippen LogP contribution < -0.4 is 27.4 Å². The van der Waals surface area contributed by atoms with E-state index in [0.717, 1.165) is 0 Å². The molecule has 4 amide bonds. The number of hydrogen-bond acceptors (Lipinski definition) is 9. The van der Waals surface area contributed by atoms with Crippen LogP contribution in [0.1, 0.15) is 12.0 Å². The fraction of sp³-hybridized carbons (Fsp3) is 0.421. The number of benzene rings is 1. The van der Waals surface area contributed by atoms with Gasteiger partial charge >= 0.3 is 5.97 Å². The van der Waals surface area contributed by atoms with Crippen LogP contribution in [0.2, 0.25) is 0 Å². The maximum absolute atomic E-state index is 12.8. The van der Waals surface area contributed by atoms with Crippen molar-refractivity contribution in [2.75, 3.05) is 12.4 Å². The van der Waals surface area contributed by atoms with Gasteiger partial charge in [0.1, 0.15) is 29.9 Å². The van der Waals surface area contributed by atoms with Crippen LogP contribution in [0.3, 0.4) is 0 Å². The van der Waals surface area contributed by atoms with Gasteiger partial charge in [-0.25, -0.2) is 4.79 Å². The monoisotopic (exact) mass is 485 g/mol. The highest BCUT2D eigenvalue weighted by molar-refractivity contribution is 7.80. The summed E-state index contributed by atoms with van der Waals surface area (Å²) >= 11 is 3.87. The molecule has 4 atom stereocenters. The Morgan fingerprint density at radius 2 is 1.42 bits per heavy atom. The van der Waals surface area contributed by atoms with Crippen LogP contribution in [0.25, 0.3) is 0 Å². The number of thiol groups is 1. The molecule has 13 nitrogen and oxygen atoms in total. The van der Waals surface area contributed by atoms with E-state index in [1.54, 1.807) is 0 Å². The molecule has 0 fully saturated rings. The lowest BCUT2D eigenvalue weighted by atomic mass is 10.0. The summed E-state index contributed by atoms with van der Waals surface area (Å²) in [6.45, 7) is -0.719. The first-order valence-electron chi connectivity index (χ1n) is 9.65. The molecule has 1 aromatic carbocycles. The first kappa shape index (κ1) is 27.7. The molecule has 0 spiro atoms. The smallest absolute Gasteiger partial charge is 0.327 e. The molecule has 14 heteroatoms. The molecule has 0 radical (unpaired) electrons. The van der Waals surface area contributed by atoms with E-state index >= 15 is 0 Å². The van der Waals surface area contributed by atoms with Gasteiger partial charge in [-0.05, 0) is 17.7 Å². The molecule has 0 aromatic heterocycles. The number of amides is 4. The molecule has 0 aliphatic heterocycles. The fourth-order valence-corrected chi connectivity index (χ4v) is 2.83. The van der Waals surface area contributed by atoms with Crippen LogP contribution >= 0.6 is 12.6 Å². The second kappa shape index (κ2) is 13.2. The van der Waals surface area contributed by atoms with Gasteiger partial charge in [0.15, 0.2) is 0 Å². The zero-order chi connectivity index (χ0) is 25.1. The molecular weight excluding hydrogens is 458 g/mol. The molecule has 4 unspecified atom stereocenters. The van der Waals surface area contributed by atoms with Crippen LogP contribution in [-0.2, 0) is 30.4 Å². The van der Waals surface area contributed by atoms with E-state index in [4.69, 9.17) is 21.7 Å². The number of aromatic hydroxyl groups is 1. The Morgan fingerprint density at radius 3 is 1.91 bits per heavy atom. The Morgan fingerprint density at radius 1 is 0.909 bits per heavy atom. The number of rotatable bonds is 13. The number of phenols is 1. The molecular formula is C19H27N5O8S. The van der Waals surface area contributed by atoms with E-state index < -0.39 is 66.8 Å². The van der Waals surface area contributed by atoms with Gasteiger partial charge in [-0.3, -0.25) is 19.2 Å². The minimum absolute atomic E-state index is 0.0331. The van der Waals surface area contributed by atoms with E-state index in [0.29, 0.717) is 5.56 Å². The van der Waals surface area contributed by atoms with Gasteiger partial charge in [0.25, 0.3) is 0 Å². The predicted octanol–water partition coefficient (Wildman–Crippen LogP) is -3.40. The largest absolute Gasteiger partial charge is 0.508 e. The van der Waals surface area contributed by atoms with Crippen LogP contribution in [0.5, 0.6) is 5.75 Å². The number of phenolic OH excluding ortho intramolecular Hbond substituents is 1. The Hall–Kier alpha value is -3.36. The predicted molar refractivity (Wildman–Crippen MR) is 118 cm³/mol. The number of carboxylic acids is 1. The maximum Gasteiger partial charge on any atom is 0.327 e. The molecule has 0 saturated carbocycles. The van der Waals surface area contributed by atoms with E-state index in [-0.39, 0.29) is 17.9 Å². The van der Waals surface area contributed by atoms with Crippen molar-refractivity contribution in [2.45, 2.75) is 37.0 Å². The zero-order valence-corrected chi connectivity index (χ0v) is 18.3. The van der Waals surface area contributed by atoms with Crippen molar-refractivity contribution in [1.82, 2.24) is 16.0 Å². The topological polar surface area (TPSA) is 234 Å². The van der Waals surface area contributed by atoms with E-state index in [1.165, 1.54) is 24.3 Å². The Labute approximate surface area is 194 Å². The van der Waals surface area contributed by atoms with Crippen LogP contribution in [0, 0.1) is 0 Å². The summed E-state index contributed by atoms with van der Waals surface area (Å²) in [6.07, 6.45) is -0.748. The minimum atomic E-state index is -1.51. The van der Waals surface area contributed by atoms with Crippen molar-refractivity contribution >= 4 is 42.2 Å². The summed E-state index contributed by atoms with van der Waals surface area (Å²) in [5, 5.41) is 34.4. The highest BCUT2D eigenvalue weighted by atomic mass is 32.1. The Bertz CT molecular complexity index is 866. The number of carbonyl (C=O) groups excluding carboxylic acids is 4. The van der Waals surface area contributed by atoms with Crippen molar-refractivity contribution in [3.8, 4) is 5.75 Å². The molecule has 33 heavy (non-hydrogen) atoms. The van der Waals surface area contributed by atoms with Crippen LogP contribution in [0.15, 0.2) is 24.3 Å². The van der Waals surface area contributed by atoms with Crippen molar-refractivity contribution < 1.29 is 39.3 Å². The van der Waals surface area contributed by atoms with E-state index in [2.05, 4.69) is 28.6 Å². The maximum atomic E-state index is 12.8. The van der Waals surface area contributed by atoms with Crippen molar-refractivity contribution in [1.29, 1.82) is 0 Å². The number of carboxylic acid groups (broad SMARTS) is 1. The number of nitrogens with one attached hydrogen (secondary N) is 3. The molecule has 0 bridgehead atoms. The standard InChI is InChI=1S/C19H27N5O8S/c20-11(7-25)16(28)22-13(6-15(21)27)18(30)23-12(5-9-1-3-10(26)4-2-9)17(29)24-14(8-33)19(31)32/h1-4,11-14,25-26,33H,5-8,20H2,(H2,21,27)(H,22,28)(H,23,30)(H,24,29)(H,31,32). The highest BCUT2D eigenvalue weighted by Crippen LogP contribution is 2.12. The molecule has 0 aliphatic carbocycles. The minimum Gasteiger partial charge on any atom is -0.508 e. The van der Waals surface area contributed by atoms with Crippen LogP contribution in [-0.4, -0.2) is 81.4 Å². The van der Waals surface area contributed by atoms with Crippen molar-refractivity contribution in [2.24, 2.45) is 11.5 Å². The Balaban J connectivity index is 3.12. The van der Waals surface area contributed by atoms with Crippen molar-refractivity contribution in [3.05, 3.63) is 29.8 Å².